The lowest BCUT2D eigenvalue weighted by Gasteiger charge is -2.07. The van der Waals surface area contributed by atoms with Crippen LogP contribution in [-0.4, -0.2) is 26.8 Å². The number of nitrogens with zero attached hydrogens (tertiary/aromatic N) is 3. The molecule has 0 fully saturated rings. The molecule has 0 radical (unpaired) electrons. The van der Waals surface area contributed by atoms with Crippen molar-refractivity contribution in [2.45, 2.75) is 13.8 Å². The molecule has 130 valence electrons. The number of aromatic nitrogens is 3. The third-order valence-corrected chi connectivity index (χ3v) is 3.53. The van der Waals surface area contributed by atoms with Gasteiger partial charge in [0, 0.05) is 12.4 Å². The van der Waals surface area contributed by atoms with Crippen molar-refractivity contribution in [3.63, 3.8) is 0 Å². The maximum absolute atomic E-state index is 12.3. The SMILES string of the molecule is Cc1ccnc(NC(=O)c2cccc(C(=O)Nc3cc(C)ccn3)n2)c1. The summed E-state index contributed by atoms with van der Waals surface area (Å²) in [7, 11) is 0. The summed E-state index contributed by atoms with van der Waals surface area (Å²) in [5.41, 5.74) is 2.19. The molecule has 3 aromatic heterocycles. The molecule has 7 heteroatoms. The normalized spacial score (nSPS) is 10.2. The highest BCUT2D eigenvalue weighted by Gasteiger charge is 2.13. The van der Waals surface area contributed by atoms with E-state index in [2.05, 4.69) is 25.6 Å². The van der Waals surface area contributed by atoms with Crippen molar-refractivity contribution in [1.29, 1.82) is 0 Å². The fourth-order valence-corrected chi connectivity index (χ4v) is 2.26. The second kappa shape index (κ2) is 7.52. The fraction of sp³-hybridized carbons (Fsp3) is 0.105. The number of carbonyl (C=O) groups is 2. The molecule has 0 spiro atoms. The minimum absolute atomic E-state index is 0.123. The van der Waals surface area contributed by atoms with Crippen LogP contribution in [0.15, 0.2) is 54.9 Å². The molecule has 2 N–H and O–H groups in total. The van der Waals surface area contributed by atoms with Crippen molar-refractivity contribution in [2.24, 2.45) is 0 Å². The molecule has 0 saturated heterocycles. The van der Waals surface area contributed by atoms with E-state index in [0.717, 1.165) is 11.1 Å². The van der Waals surface area contributed by atoms with Gasteiger partial charge in [0.15, 0.2) is 0 Å². The number of rotatable bonds is 4. The molecule has 0 saturated carbocycles. The van der Waals surface area contributed by atoms with Crippen molar-refractivity contribution >= 4 is 23.5 Å². The first-order valence-electron chi connectivity index (χ1n) is 7.96. The van der Waals surface area contributed by atoms with Gasteiger partial charge in [-0.15, -0.1) is 0 Å². The second-order valence-electron chi connectivity index (χ2n) is 5.75. The second-order valence-corrected chi connectivity index (χ2v) is 5.75. The van der Waals surface area contributed by atoms with Crippen LogP contribution >= 0.6 is 0 Å². The third-order valence-electron chi connectivity index (χ3n) is 3.53. The highest BCUT2D eigenvalue weighted by molar-refractivity contribution is 6.05. The molecule has 0 aliphatic rings. The molecule has 26 heavy (non-hydrogen) atoms. The van der Waals surface area contributed by atoms with E-state index in [4.69, 9.17) is 0 Å². The van der Waals surface area contributed by atoms with E-state index in [1.165, 1.54) is 12.1 Å². The highest BCUT2D eigenvalue weighted by Crippen LogP contribution is 2.10. The van der Waals surface area contributed by atoms with Crippen molar-refractivity contribution in [1.82, 2.24) is 15.0 Å². The van der Waals surface area contributed by atoms with Crippen LogP contribution < -0.4 is 10.6 Å². The number of aryl methyl sites for hydroxylation is 2. The number of pyridine rings is 3. The molecule has 0 aliphatic heterocycles. The Bertz CT molecular complexity index is 897. The molecule has 0 aliphatic carbocycles. The molecule has 3 heterocycles. The Morgan fingerprint density at radius 2 is 1.23 bits per heavy atom. The molecule has 2 amide bonds. The molecular weight excluding hydrogens is 330 g/mol. The number of carbonyl (C=O) groups excluding carboxylic acids is 2. The van der Waals surface area contributed by atoms with Gasteiger partial charge in [0.05, 0.1) is 0 Å². The lowest BCUT2D eigenvalue weighted by Crippen LogP contribution is -2.19. The summed E-state index contributed by atoms with van der Waals surface area (Å²) in [6.07, 6.45) is 3.22. The van der Waals surface area contributed by atoms with Gasteiger partial charge in [-0.1, -0.05) is 6.07 Å². The van der Waals surface area contributed by atoms with Crippen LogP contribution in [0.25, 0.3) is 0 Å². The predicted octanol–water partition coefficient (Wildman–Crippen LogP) is 2.99. The fourth-order valence-electron chi connectivity index (χ4n) is 2.26. The first-order valence-corrected chi connectivity index (χ1v) is 7.96. The molecule has 0 atom stereocenters. The van der Waals surface area contributed by atoms with E-state index in [9.17, 15) is 9.59 Å². The third kappa shape index (κ3) is 4.27. The van der Waals surface area contributed by atoms with Gasteiger partial charge in [0.1, 0.15) is 23.0 Å². The van der Waals surface area contributed by atoms with Crippen LogP contribution in [0.3, 0.4) is 0 Å². The largest absolute Gasteiger partial charge is 0.305 e. The minimum atomic E-state index is -0.438. The topological polar surface area (TPSA) is 96.9 Å². The van der Waals surface area contributed by atoms with Gasteiger partial charge in [-0.05, 0) is 61.4 Å². The molecule has 7 nitrogen and oxygen atoms in total. The molecule has 0 aromatic carbocycles. The van der Waals surface area contributed by atoms with E-state index in [1.54, 1.807) is 30.6 Å². The molecule has 0 bridgehead atoms. The Morgan fingerprint density at radius 3 is 1.65 bits per heavy atom. The smallest absolute Gasteiger partial charge is 0.275 e. The van der Waals surface area contributed by atoms with Crippen molar-refractivity contribution in [3.05, 3.63) is 77.4 Å². The molecule has 0 unspecified atom stereocenters. The lowest BCUT2D eigenvalue weighted by molar-refractivity contribution is 0.101. The van der Waals surface area contributed by atoms with Crippen LogP contribution in [0.1, 0.15) is 32.1 Å². The maximum atomic E-state index is 12.3. The van der Waals surface area contributed by atoms with E-state index in [1.807, 2.05) is 26.0 Å². The summed E-state index contributed by atoms with van der Waals surface area (Å²) in [5, 5.41) is 5.33. The average molecular weight is 347 g/mol. The van der Waals surface area contributed by atoms with Gasteiger partial charge in [0.2, 0.25) is 0 Å². The number of hydrogen-bond donors (Lipinski definition) is 2. The van der Waals surface area contributed by atoms with Gasteiger partial charge in [-0.3, -0.25) is 9.59 Å². The first-order chi connectivity index (χ1) is 12.5. The Hall–Kier alpha value is -3.61. The molecule has 3 rings (SSSR count). The van der Waals surface area contributed by atoms with Gasteiger partial charge in [-0.25, -0.2) is 15.0 Å². The quantitative estimate of drug-likeness (QED) is 0.756. The van der Waals surface area contributed by atoms with E-state index >= 15 is 0 Å². The zero-order valence-electron chi connectivity index (χ0n) is 14.4. The Labute approximate surface area is 150 Å². The maximum Gasteiger partial charge on any atom is 0.275 e. The van der Waals surface area contributed by atoms with Crippen LogP contribution in [0.2, 0.25) is 0 Å². The zero-order chi connectivity index (χ0) is 18.5. The molecular formula is C19H17N5O2. The standard InChI is InChI=1S/C19H17N5O2/c1-12-6-8-20-16(10-12)23-18(25)14-4-3-5-15(22-14)19(26)24-17-11-13(2)7-9-21-17/h3-11H,1-2H3,(H,20,23,25)(H,21,24,26). The minimum Gasteiger partial charge on any atom is -0.305 e. The van der Waals surface area contributed by atoms with Crippen molar-refractivity contribution in [3.8, 4) is 0 Å². The van der Waals surface area contributed by atoms with E-state index in [0.29, 0.717) is 11.6 Å². The van der Waals surface area contributed by atoms with Crippen LogP contribution in [-0.2, 0) is 0 Å². The predicted molar refractivity (Wildman–Crippen MR) is 98.1 cm³/mol. The molecule has 3 aromatic rings. The van der Waals surface area contributed by atoms with Crippen LogP contribution in [0, 0.1) is 13.8 Å². The van der Waals surface area contributed by atoms with Crippen LogP contribution in [0.4, 0.5) is 11.6 Å². The Kier molecular flexibility index (Phi) is 4.98. The summed E-state index contributed by atoms with van der Waals surface area (Å²) in [5.74, 6) is -0.0240. The number of amides is 2. The van der Waals surface area contributed by atoms with E-state index in [-0.39, 0.29) is 11.4 Å². The number of nitrogens with one attached hydrogen (secondary N) is 2. The van der Waals surface area contributed by atoms with Gasteiger partial charge in [0.25, 0.3) is 11.8 Å². The van der Waals surface area contributed by atoms with Gasteiger partial charge >= 0.3 is 0 Å². The van der Waals surface area contributed by atoms with Gasteiger partial charge < -0.3 is 10.6 Å². The van der Waals surface area contributed by atoms with Crippen LogP contribution in [0.5, 0.6) is 0 Å². The Balaban J connectivity index is 1.75. The average Bonchev–Trinajstić information content (AvgIpc) is 2.62. The van der Waals surface area contributed by atoms with Crippen molar-refractivity contribution in [2.75, 3.05) is 10.6 Å². The summed E-state index contributed by atoms with van der Waals surface area (Å²) in [4.78, 5) is 37.0. The first kappa shape index (κ1) is 17.2. The lowest BCUT2D eigenvalue weighted by atomic mass is 10.2. The summed E-state index contributed by atoms with van der Waals surface area (Å²) in [6, 6.07) is 11.8. The number of anilines is 2. The van der Waals surface area contributed by atoms with E-state index < -0.39 is 11.8 Å². The summed E-state index contributed by atoms with van der Waals surface area (Å²) >= 11 is 0. The monoisotopic (exact) mass is 347 g/mol. The highest BCUT2D eigenvalue weighted by atomic mass is 16.2. The summed E-state index contributed by atoms with van der Waals surface area (Å²) in [6.45, 7) is 3.81. The summed E-state index contributed by atoms with van der Waals surface area (Å²) < 4.78 is 0. The van der Waals surface area contributed by atoms with Crippen molar-refractivity contribution < 1.29 is 9.59 Å². The number of hydrogen-bond acceptors (Lipinski definition) is 5. The zero-order valence-corrected chi connectivity index (χ0v) is 14.4. The Morgan fingerprint density at radius 1 is 0.769 bits per heavy atom. The van der Waals surface area contributed by atoms with Gasteiger partial charge in [-0.2, -0.15) is 0 Å².